The molecule has 9 heteroatoms. The van der Waals surface area contributed by atoms with Crippen molar-refractivity contribution in [2.75, 3.05) is 13.3 Å². The maximum atomic E-state index is 12.4. The molecule has 0 saturated heterocycles. The Hall–Kier alpha value is -2.91. The Kier molecular flexibility index (Phi) is 4.54. The molecular weight excluding hydrogens is 370 g/mol. The Morgan fingerprint density at radius 2 is 1.81 bits per heavy atom. The summed E-state index contributed by atoms with van der Waals surface area (Å²) in [5.74, 6) is 1.71. The fourth-order valence-electron chi connectivity index (χ4n) is 2.59. The zero-order valence-corrected chi connectivity index (χ0v) is 15.3. The van der Waals surface area contributed by atoms with Crippen molar-refractivity contribution in [2.45, 2.75) is 18.2 Å². The average Bonchev–Trinajstić information content (AvgIpc) is 3.31. The van der Waals surface area contributed by atoms with Crippen molar-refractivity contribution in [3.05, 3.63) is 53.9 Å². The summed E-state index contributed by atoms with van der Waals surface area (Å²) in [7, 11) is -3.68. The molecule has 0 aliphatic carbocycles. The van der Waals surface area contributed by atoms with E-state index in [9.17, 15) is 8.42 Å². The van der Waals surface area contributed by atoms with Gasteiger partial charge in [0, 0.05) is 24.6 Å². The summed E-state index contributed by atoms with van der Waals surface area (Å²) in [6, 6.07) is 12.2. The molecule has 1 aromatic heterocycles. The lowest BCUT2D eigenvalue weighted by molar-refractivity contribution is 0.174. The molecule has 1 aliphatic rings. The van der Waals surface area contributed by atoms with Gasteiger partial charge in [-0.15, -0.1) is 10.2 Å². The number of rotatable bonds is 6. The topological polar surface area (TPSA) is 104 Å². The van der Waals surface area contributed by atoms with E-state index in [1.54, 1.807) is 6.07 Å². The first kappa shape index (κ1) is 17.5. The van der Waals surface area contributed by atoms with Gasteiger partial charge in [0.25, 0.3) is 0 Å². The molecule has 140 valence electrons. The predicted molar refractivity (Wildman–Crippen MR) is 95.9 cm³/mol. The third kappa shape index (κ3) is 3.79. The van der Waals surface area contributed by atoms with Crippen molar-refractivity contribution in [3.63, 3.8) is 0 Å². The van der Waals surface area contributed by atoms with Crippen molar-refractivity contribution >= 4 is 10.0 Å². The highest BCUT2D eigenvalue weighted by molar-refractivity contribution is 7.89. The number of aryl methyl sites for hydroxylation is 1. The fraction of sp³-hybridized carbons (Fsp3) is 0.222. The molecule has 1 N–H and O–H groups in total. The van der Waals surface area contributed by atoms with Gasteiger partial charge in [0.05, 0.1) is 4.90 Å². The molecule has 0 amide bonds. The van der Waals surface area contributed by atoms with Crippen LogP contribution < -0.4 is 14.2 Å². The maximum Gasteiger partial charge on any atom is 0.247 e. The molecule has 2 aromatic carbocycles. The van der Waals surface area contributed by atoms with Crippen LogP contribution in [0.3, 0.4) is 0 Å². The summed E-state index contributed by atoms with van der Waals surface area (Å²) >= 11 is 0. The molecule has 27 heavy (non-hydrogen) atoms. The second-order valence-electron chi connectivity index (χ2n) is 6.03. The SMILES string of the molecule is Cc1ccc(-c2nnc(CCNS(=O)(=O)c3ccc4c(c3)OCO4)o2)cc1. The van der Waals surface area contributed by atoms with E-state index < -0.39 is 10.0 Å². The van der Waals surface area contributed by atoms with Gasteiger partial charge in [0.1, 0.15) is 0 Å². The quantitative estimate of drug-likeness (QED) is 0.692. The highest BCUT2D eigenvalue weighted by Gasteiger charge is 2.20. The van der Waals surface area contributed by atoms with Crippen LogP contribution in [0.4, 0.5) is 0 Å². The Morgan fingerprint density at radius 1 is 1.04 bits per heavy atom. The van der Waals surface area contributed by atoms with E-state index in [2.05, 4.69) is 14.9 Å². The number of nitrogens with zero attached hydrogens (tertiary/aromatic N) is 2. The Morgan fingerprint density at radius 3 is 2.63 bits per heavy atom. The molecule has 0 atom stereocenters. The van der Waals surface area contributed by atoms with Crippen molar-refractivity contribution in [3.8, 4) is 23.0 Å². The molecule has 0 bridgehead atoms. The predicted octanol–water partition coefficient (Wildman–Crippen LogP) is 2.29. The summed E-state index contributed by atoms with van der Waals surface area (Å²) in [5.41, 5.74) is 1.96. The highest BCUT2D eigenvalue weighted by atomic mass is 32.2. The smallest absolute Gasteiger partial charge is 0.247 e. The van der Waals surface area contributed by atoms with Crippen molar-refractivity contribution in [2.24, 2.45) is 0 Å². The Bertz CT molecular complexity index is 1060. The first-order valence-electron chi connectivity index (χ1n) is 8.30. The first-order chi connectivity index (χ1) is 13.0. The Balaban J connectivity index is 1.39. The minimum atomic E-state index is -3.68. The summed E-state index contributed by atoms with van der Waals surface area (Å²) in [4.78, 5) is 0.109. The third-order valence-corrected chi connectivity index (χ3v) is 5.51. The lowest BCUT2D eigenvalue weighted by Crippen LogP contribution is -2.26. The van der Waals surface area contributed by atoms with Crippen LogP contribution in [0.1, 0.15) is 11.5 Å². The summed E-state index contributed by atoms with van der Waals surface area (Å²) in [6.07, 6.45) is 0.280. The molecule has 0 fully saturated rings. The minimum Gasteiger partial charge on any atom is -0.454 e. The van der Waals surface area contributed by atoms with Crippen LogP contribution in [0, 0.1) is 6.92 Å². The van der Waals surface area contributed by atoms with Gasteiger partial charge in [-0.2, -0.15) is 0 Å². The highest BCUT2D eigenvalue weighted by Crippen LogP contribution is 2.33. The van der Waals surface area contributed by atoms with E-state index in [0.29, 0.717) is 23.3 Å². The standard InChI is InChI=1S/C18H17N3O5S/c1-12-2-4-13(5-3-12)18-21-20-17(26-18)8-9-19-27(22,23)14-6-7-15-16(10-14)25-11-24-15/h2-7,10,19H,8-9,11H2,1H3. The second kappa shape index (κ2) is 7.01. The van der Waals surface area contributed by atoms with Gasteiger partial charge in [-0.25, -0.2) is 13.1 Å². The fourth-order valence-corrected chi connectivity index (χ4v) is 3.63. The number of nitrogens with one attached hydrogen (secondary N) is 1. The van der Waals surface area contributed by atoms with E-state index in [-0.39, 0.29) is 24.7 Å². The molecule has 8 nitrogen and oxygen atoms in total. The van der Waals surface area contributed by atoms with Crippen LogP contribution >= 0.6 is 0 Å². The zero-order chi connectivity index (χ0) is 18.9. The molecular formula is C18H17N3O5S. The van der Waals surface area contributed by atoms with E-state index in [0.717, 1.165) is 11.1 Å². The van der Waals surface area contributed by atoms with E-state index in [1.165, 1.54) is 12.1 Å². The number of ether oxygens (including phenoxy) is 2. The van der Waals surface area contributed by atoms with Gasteiger partial charge in [-0.1, -0.05) is 17.7 Å². The number of benzene rings is 2. The lowest BCUT2D eigenvalue weighted by Gasteiger charge is -2.06. The number of fused-ring (bicyclic) bond motifs is 1. The van der Waals surface area contributed by atoms with Crippen molar-refractivity contribution < 1.29 is 22.3 Å². The van der Waals surface area contributed by atoms with Gasteiger partial charge >= 0.3 is 0 Å². The number of hydrogen-bond acceptors (Lipinski definition) is 7. The number of hydrogen-bond donors (Lipinski definition) is 1. The second-order valence-corrected chi connectivity index (χ2v) is 7.80. The van der Waals surface area contributed by atoms with Gasteiger partial charge in [0.2, 0.25) is 28.6 Å². The summed E-state index contributed by atoms with van der Waals surface area (Å²) < 4.78 is 43.3. The van der Waals surface area contributed by atoms with Gasteiger partial charge in [-0.3, -0.25) is 0 Å². The molecule has 2 heterocycles. The van der Waals surface area contributed by atoms with Crippen LogP contribution in [0.15, 0.2) is 51.8 Å². The first-order valence-corrected chi connectivity index (χ1v) is 9.78. The van der Waals surface area contributed by atoms with Crippen LogP contribution in [0.25, 0.3) is 11.5 Å². The van der Waals surface area contributed by atoms with Crippen LogP contribution in [0.2, 0.25) is 0 Å². The molecule has 0 radical (unpaired) electrons. The zero-order valence-electron chi connectivity index (χ0n) is 14.5. The van der Waals surface area contributed by atoms with Gasteiger partial charge in [-0.05, 0) is 31.2 Å². The van der Waals surface area contributed by atoms with E-state index >= 15 is 0 Å². The molecule has 0 saturated carbocycles. The third-order valence-electron chi connectivity index (χ3n) is 4.05. The number of sulfonamides is 1. The molecule has 0 unspecified atom stereocenters. The van der Waals surface area contributed by atoms with Crippen molar-refractivity contribution in [1.29, 1.82) is 0 Å². The van der Waals surface area contributed by atoms with Crippen molar-refractivity contribution in [1.82, 2.24) is 14.9 Å². The molecule has 1 aliphatic heterocycles. The maximum absolute atomic E-state index is 12.4. The Labute approximate surface area is 156 Å². The average molecular weight is 387 g/mol. The molecule has 3 aromatic rings. The minimum absolute atomic E-state index is 0.0900. The molecule has 4 rings (SSSR count). The lowest BCUT2D eigenvalue weighted by atomic mass is 10.1. The van der Waals surface area contributed by atoms with Crippen LogP contribution in [-0.4, -0.2) is 32.0 Å². The van der Waals surface area contributed by atoms with Gasteiger partial charge in [0.15, 0.2) is 11.5 Å². The van der Waals surface area contributed by atoms with Crippen LogP contribution in [-0.2, 0) is 16.4 Å². The monoisotopic (exact) mass is 387 g/mol. The van der Waals surface area contributed by atoms with Gasteiger partial charge < -0.3 is 13.9 Å². The largest absolute Gasteiger partial charge is 0.454 e. The summed E-state index contributed by atoms with van der Waals surface area (Å²) in [6.45, 7) is 2.22. The van der Waals surface area contributed by atoms with E-state index in [1.807, 2.05) is 31.2 Å². The normalized spacial score (nSPS) is 13.1. The summed E-state index contributed by atoms with van der Waals surface area (Å²) in [5, 5.41) is 7.97. The van der Waals surface area contributed by atoms with Crippen LogP contribution in [0.5, 0.6) is 11.5 Å². The molecule has 0 spiro atoms. The van der Waals surface area contributed by atoms with E-state index in [4.69, 9.17) is 13.9 Å². The number of aromatic nitrogens is 2.